The van der Waals surface area contributed by atoms with E-state index in [0.29, 0.717) is 18.6 Å². The Balaban J connectivity index is 0. The third-order valence-electron chi connectivity index (χ3n) is 2.68. The number of carbonyl (C=O) groups excluding carboxylic acids is 2. The van der Waals surface area contributed by atoms with Crippen LogP contribution in [0, 0.1) is 0 Å². The standard InChI is InChI=1S/C14H28O4S.Sn.2H/c1-4-7-8-9-10-11-12-19(17-13(15)5-2)18-14(16)6-3;;;/h19H,4-12H2,1-3H3;;;. The molecule has 0 atom stereocenters. The van der Waals surface area contributed by atoms with Crippen molar-refractivity contribution in [2.75, 3.05) is 5.75 Å². The Morgan fingerprint density at radius 2 is 1.25 bits per heavy atom. The van der Waals surface area contributed by atoms with E-state index in [0.717, 1.165) is 12.8 Å². The van der Waals surface area contributed by atoms with Crippen molar-refractivity contribution in [1.82, 2.24) is 0 Å². The number of hydrogen-bond donors (Lipinski definition) is 1. The molecule has 20 heavy (non-hydrogen) atoms. The minimum absolute atomic E-state index is 0. The maximum atomic E-state index is 11.3. The second-order valence-electron chi connectivity index (χ2n) is 4.46. The Bertz CT molecular complexity index is 244. The molecule has 0 aliphatic rings. The van der Waals surface area contributed by atoms with Crippen LogP contribution in [0.25, 0.3) is 0 Å². The first kappa shape index (κ1) is 22.4. The third kappa shape index (κ3) is 13.1. The van der Waals surface area contributed by atoms with E-state index in [-0.39, 0.29) is 35.8 Å². The normalized spacial score (nSPS) is 10.4. The van der Waals surface area contributed by atoms with Gasteiger partial charge in [-0.05, 0) is 6.42 Å². The molecule has 0 aromatic rings. The van der Waals surface area contributed by atoms with Crippen LogP contribution in [0.3, 0.4) is 0 Å². The topological polar surface area (TPSA) is 52.6 Å². The maximum absolute atomic E-state index is 11.3. The average molecular weight is 413 g/mol. The molecule has 0 bridgehead atoms. The fourth-order valence-corrected chi connectivity index (χ4v) is 2.90. The fourth-order valence-electron chi connectivity index (χ4n) is 1.49. The predicted molar refractivity (Wildman–Crippen MR) is 88.5 cm³/mol. The van der Waals surface area contributed by atoms with Crippen molar-refractivity contribution in [2.24, 2.45) is 0 Å². The van der Waals surface area contributed by atoms with Gasteiger partial charge in [0.2, 0.25) is 0 Å². The van der Waals surface area contributed by atoms with Gasteiger partial charge in [-0.3, -0.25) is 9.59 Å². The van der Waals surface area contributed by atoms with E-state index in [2.05, 4.69) is 6.92 Å². The minimum atomic E-state index is -1.37. The van der Waals surface area contributed by atoms with Crippen molar-refractivity contribution < 1.29 is 18.0 Å². The molecule has 120 valence electrons. The monoisotopic (exact) mass is 414 g/mol. The van der Waals surface area contributed by atoms with Gasteiger partial charge in [-0.25, -0.2) is 0 Å². The first-order valence-corrected chi connectivity index (χ1v) is 8.69. The molecule has 0 fully saturated rings. The van der Waals surface area contributed by atoms with E-state index in [4.69, 9.17) is 8.37 Å². The number of unbranched alkanes of at least 4 members (excludes halogenated alkanes) is 5. The molecule has 0 aromatic heterocycles. The summed E-state index contributed by atoms with van der Waals surface area (Å²) in [5.41, 5.74) is 0. The molecule has 4 nitrogen and oxygen atoms in total. The summed E-state index contributed by atoms with van der Waals surface area (Å²) in [5, 5.41) is 0. The predicted octanol–water partition coefficient (Wildman–Crippen LogP) is 3.17. The zero-order valence-corrected chi connectivity index (χ0v) is 18.1. The molecule has 0 rings (SSSR count). The Hall–Kier alpha value is 0.0887. The second kappa shape index (κ2) is 15.5. The van der Waals surface area contributed by atoms with Crippen LogP contribution in [0.1, 0.15) is 72.1 Å². The fraction of sp³-hybridized carbons (Fsp3) is 0.857. The Labute approximate surface area is 143 Å². The first-order valence-electron chi connectivity index (χ1n) is 7.33. The van der Waals surface area contributed by atoms with Gasteiger partial charge in [0.25, 0.3) is 0 Å². The zero-order chi connectivity index (χ0) is 14.5. The van der Waals surface area contributed by atoms with Gasteiger partial charge in [0.15, 0.2) is 0 Å². The third-order valence-corrected chi connectivity index (χ3v) is 4.17. The van der Waals surface area contributed by atoms with Crippen LogP contribution in [0.4, 0.5) is 0 Å². The van der Waals surface area contributed by atoms with Gasteiger partial charge in [0, 0.05) is 12.8 Å². The van der Waals surface area contributed by atoms with Crippen molar-refractivity contribution in [1.29, 1.82) is 0 Å². The number of thiol groups is 1. The Morgan fingerprint density at radius 3 is 1.70 bits per heavy atom. The Morgan fingerprint density at radius 1 is 0.800 bits per heavy atom. The van der Waals surface area contributed by atoms with Gasteiger partial charge in [-0.1, -0.05) is 52.9 Å². The van der Waals surface area contributed by atoms with Crippen LogP contribution in [-0.4, -0.2) is 41.6 Å². The van der Waals surface area contributed by atoms with Crippen molar-refractivity contribution in [2.45, 2.75) is 72.1 Å². The summed E-state index contributed by atoms with van der Waals surface area (Å²) in [6.07, 6.45) is 7.63. The Kier molecular flexibility index (Phi) is 17.3. The summed E-state index contributed by atoms with van der Waals surface area (Å²) < 4.78 is 10.4. The van der Waals surface area contributed by atoms with Gasteiger partial charge in [-0.2, -0.15) is 0 Å². The molecule has 0 aliphatic carbocycles. The van der Waals surface area contributed by atoms with E-state index in [1.54, 1.807) is 13.8 Å². The first-order chi connectivity index (χ1) is 9.13. The van der Waals surface area contributed by atoms with Gasteiger partial charge in [-0.15, -0.1) is 11.5 Å². The molecule has 0 unspecified atom stereocenters. The summed E-state index contributed by atoms with van der Waals surface area (Å²) in [6, 6.07) is 0. The average Bonchev–Trinajstić information content (AvgIpc) is 2.41. The van der Waals surface area contributed by atoms with Crippen LogP contribution >= 0.6 is 11.5 Å². The summed E-state index contributed by atoms with van der Waals surface area (Å²) in [7, 11) is 0. The van der Waals surface area contributed by atoms with Crippen molar-refractivity contribution >= 4 is 47.3 Å². The van der Waals surface area contributed by atoms with E-state index >= 15 is 0 Å². The molecule has 0 N–H and O–H groups in total. The van der Waals surface area contributed by atoms with Gasteiger partial charge in [0.05, 0.1) is 5.75 Å². The summed E-state index contributed by atoms with van der Waals surface area (Å²) in [5.74, 6) is 0.0841. The molecule has 0 saturated heterocycles. The molecule has 2 radical (unpaired) electrons. The van der Waals surface area contributed by atoms with Crippen LogP contribution in [-0.2, 0) is 18.0 Å². The number of hydrogen-bond acceptors (Lipinski definition) is 4. The zero-order valence-electron chi connectivity index (χ0n) is 13.2. The summed E-state index contributed by atoms with van der Waals surface area (Å²) in [6.45, 7) is 5.66. The number of carbonyl (C=O) groups is 2. The van der Waals surface area contributed by atoms with Crippen LogP contribution < -0.4 is 0 Å². The molecular weight excluding hydrogens is 383 g/mol. The second-order valence-corrected chi connectivity index (χ2v) is 5.94. The quantitative estimate of drug-likeness (QED) is 0.321. The molecule has 0 aliphatic heterocycles. The van der Waals surface area contributed by atoms with Crippen LogP contribution in [0.5, 0.6) is 0 Å². The molecule has 0 saturated carbocycles. The van der Waals surface area contributed by atoms with Crippen LogP contribution in [0.15, 0.2) is 0 Å². The van der Waals surface area contributed by atoms with Crippen molar-refractivity contribution in [3.8, 4) is 0 Å². The van der Waals surface area contributed by atoms with Gasteiger partial charge < -0.3 is 8.37 Å². The molecule has 6 heteroatoms. The van der Waals surface area contributed by atoms with E-state index < -0.39 is 11.5 Å². The van der Waals surface area contributed by atoms with E-state index in [1.165, 1.54) is 25.7 Å². The molecule has 0 amide bonds. The molecule has 0 spiro atoms. The number of rotatable bonds is 11. The summed E-state index contributed by atoms with van der Waals surface area (Å²) in [4.78, 5) is 22.5. The van der Waals surface area contributed by atoms with E-state index in [9.17, 15) is 9.59 Å². The summed E-state index contributed by atoms with van der Waals surface area (Å²) >= 11 is -1.37. The van der Waals surface area contributed by atoms with Crippen molar-refractivity contribution in [3.05, 3.63) is 0 Å². The SMILES string of the molecule is CCCCCCCC[SH](OC(=O)CC)OC(=O)CC.[SnH2]. The molecule has 0 aromatic carbocycles. The van der Waals surface area contributed by atoms with Crippen molar-refractivity contribution in [3.63, 3.8) is 0 Å². The van der Waals surface area contributed by atoms with Crippen LogP contribution in [0.2, 0.25) is 0 Å². The molecule has 0 heterocycles. The van der Waals surface area contributed by atoms with E-state index in [1.807, 2.05) is 0 Å². The van der Waals surface area contributed by atoms with Gasteiger partial charge >= 0.3 is 35.8 Å². The molecular formula is C14H30O4SSn. The van der Waals surface area contributed by atoms with Gasteiger partial charge in [0.1, 0.15) is 0 Å².